The third-order valence-corrected chi connectivity index (χ3v) is 5.24. The smallest absolute Gasteiger partial charge is 0.320 e. The molecule has 0 spiro atoms. The Kier molecular flexibility index (Phi) is 13.9. The minimum Gasteiger partial charge on any atom is -0.747 e. The summed E-state index contributed by atoms with van der Waals surface area (Å²) >= 11 is 0. The number of hydrogen-bond donors (Lipinski definition) is 1. The second-order valence-corrected chi connectivity index (χ2v) is 7.89. The van der Waals surface area contributed by atoms with E-state index in [-0.39, 0.29) is 6.42 Å². The van der Waals surface area contributed by atoms with Gasteiger partial charge in [-0.05, 0) is 32.1 Å². The Balaban J connectivity index is 3.50. The first-order chi connectivity index (χ1) is 11.4. The highest BCUT2D eigenvalue weighted by molar-refractivity contribution is 7.87. The summed E-state index contributed by atoms with van der Waals surface area (Å²) in [6, 6.07) is 0. The molecule has 0 saturated heterocycles. The molecule has 0 fully saturated rings. The van der Waals surface area contributed by atoms with Crippen molar-refractivity contribution in [2.24, 2.45) is 0 Å². The van der Waals surface area contributed by atoms with Gasteiger partial charge in [0, 0.05) is 0 Å². The summed E-state index contributed by atoms with van der Waals surface area (Å²) in [6.45, 7) is 2.22. The molecule has 6 heteroatoms. The van der Waals surface area contributed by atoms with Crippen LogP contribution >= 0.6 is 0 Å². The van der Waals surface area contributed by atoms with E-state index in [1.165, 1.54) is 38.5 Å². The van der Waals surface area contributed by atoms with E-state index in [1.807, 2.05) is 0 Å². The van der Waals surface area contributed by atoms with Crippen LogP contribution < -0.4 is 0 Å². The zero-order valence-corrected chi connectivity index (χ0v) is 15.7. The second kappa shape index (κ2) is 14.5. The molecule has 0 saturated carbocycles. The molecule has 1 atom stereocenters. The molecule has 142 valence electrons. The number of carbonyl (C=O) groups is 1. The van der Waals surface area contributed by atoms with E-state index in [0.29, 0.717) is 6.42 Å². The van der Waals surface area contributed by atoms with Crippen molar-refractivity contribution in [2.45, 2.75) is 95.6 Å². The third kappa shape index (κ3) is 13.5. The molecule has 0 aromatic carbocycles. The van der Waals surface area contributed by atoms with Crippen LogP contribution in [0.2, 0.25) is 0 Å². The first kappa shape index (κ1) is 23.1. The Bertz CT molecular complexity index is 442. The van der Waals surface area contributed by atoms with Crippen molar-refractivity contribution in [3.63, 3.8) is 0 Å². The van der Waals surface area contributed by atoms with Crippen LogP contribution in [0.4, 0.5) is 0 Å². The zero-order chi connectivity index (χ0) is 18.3. The highest BCUT2D eigenvalue weighted by Crippen LogP contribution is 2.13. The lowest BCUT2D eigenvalue weighted by Crippen LogP contribution is -2.29. The van der Waals surface area contributed by atoms with Gasteiger partial charge in [0.25, 0.3) is 0 Å². The summed E-state index contributed by atoms with van der Waals surface area (Å²) < 4.78 is 32.4. The molecule has 0 heterocycles. The highest BCUT2D eigenvalue weighted by Gasteiger charge is 2.23. The van der Waals surface area contributed by atoms with Crippen molar-refractivity contribution in [1.82, 2.24) is 0 Å². The Morgan fingerprint density at radius 1 is 0.917 bits per heavy atom. The van der Waals surface area contributed by atoms with Crippen LogP contribution in [0, 0.1) is 0 Å². The average Bonchev–Trinajstić information content (AvgIpc) is 2.49. The predicted molar refractivity (Wildman–Crippen MR) is 96.0 cm³/mol. The van der Waals surface area contributed by atoms with E-state index in [0.717, 1.165) is 32.1 Å². The number of rotatable bonds is 16. The molecule has 0 aromatic heterocycles. The molecule has 0 aliphatic heterocycles. The maximum Gasteiger partial charge on any atom is 0.320 e. The molecule has 0 amide bonds. The summed E-state index contributed by atoms with van der Waals surface area (Å²) in [5, 5.41) is 6.93. The van der Waals surface area contributed by atoms with Gasteiger partial charge in [-0.1, -0.05) is 70.4 Å². The van der Waals surface area contributed by atoms with Gasteiger partial charge in [0.2, 0.25) is 0 Å². The topological polar surface area (TPSA) is 94.5 Å². The number of unbranched alkanes of at least 4 members (excludes halogenated alkanes) is 10. The normalized spacial score (nSPS) is 13.4. The Labute approximate surface area is 147 Å². The molecule has 0 aliphatic rings. The number of allylic oxidation sites excluding steroid dienone is 2. The third-order valence-electron chi connectivity index (χ3n) is 4.10. The Morgan fingerprint density at radius 2 is 1.38 bits per heavy atom. The minimum atomic E-state index is -4.74. The average molecular weight is 362 g/mol. The lowest BCUT2D eigenvalue weighted by Gasteiger charge is -2.15. The summed E-state index contributed by atoms with van der Waals surface area (Å²) in [6.07, 6.45) is 17.4. The number of carboxylic acid groups (broad SMARTS) is 1. The van der Waals surface area contributed by atoms with Crippen molar-refractivity contribution >= 4 is 16.1 Å². The molecular weight excluding hydrogens is 328 g/mol. The van der Waals surface area contributed by atoms with Crippen LogP contribution in [-0.2, 0) is 14.9 Å². The van der Waals surface area contributed by atoms with Crippen LogP contribution in [-0.4, -0.2) is 29.3 Å². The fourth-order valence-electron chi connectivity index (χ4n) is 2.61. The maximum absolute atomic E-state index is 10.8. The maximum atomic E-state index is 10.8. The molecule has 5 nitrogen and oxygen atoms in total. The predicted octanol–water partition coefficient (Wildman–Crippen LogP) is 4.63. The summed E-state index contributed by atoms with van der Waals surface area (Å²) in [4.78, 5) is 10.7. The summed E-state index contributed by atoms with van der Waals surface area (Å²) in [5.74, 6) is -1.54. The van der Waals surface area contributed by atoms with Crippen molar-refractivity contribution in [2.75, 3.05) is 0 Å². The molecule has 0 rings (SSSR count). The monoisotopic (exact) mass is 361 g/mol. The van der Waals surface area contributed by atoms with Crippen LogP contribution in [0.3, 0.4) is 0 Å². The van der Waals surface area contributed by atoms with Gasteiger partial charge in [-0.25, -0.2) is 8.42 Å². The number of hydrogen-bond acceptors (Lipinski definition) is 4. The van der Waals surface area contributed by atoms with E-state index in [2.05, 4.69) is 19.1 Å². The molecule has 1 N–H and O–H groups in total. The number of aliphatic carboxylic acids is 1. The molecule has 0 aromatic rings. The van der Waals surface area contributed by atoms with Gasteiger partial charge in [-0.2, -0.15) is 0 Å². The zero-order valence-electron chi connectivity index (χ0n) is 14.9. The van der Waals surface area contributed by atoms with Gasteiger partial charge < -0.3 is 9.66 Å². The lowest BCUT2D eigenvalue weighted by atomic mass is 10.1. The van der Waals surface area contributed by atoms with Gasteiger partial charge in [0.1, 0.15) is 15.4 Å². The van der Waals surface area contributed by atoms with Crippen LogP contribution in [0.1, 0.15) is 90.4 Å². The molecule has 1 unspecified atom stereocenters. The van der Waals surface area contributed by atoms with E-state index in [1.54, 1.807) is 0 Å². The SMILES string of the molecule is CCCCCCCC/C=C\CCCCCCC(C(=O)O)S(=O)(=O)[O-]. The van der Waals surface area contributed by atoms with Crippen molar-refractivity contribution in [3.05, 3.63) is 12.2 Å². The molecule has 24 heavy (non-hydrogen) atoms. The van der Waals surface area contributed by atoms with Gasteiger partial charge in [0.15, 0.2) is 0 Å². The first-order valence-electron chi connectivity index (χ1n) is 9.22. The van der Waals surface area contributed by atoms with E-state index >= 15 is 0 Å². The molecule has 0 aliphatic carbocycles. The van der Waals surface area contributed by atoms with E-state index in [4.69, 9.17) is 5.11 Å². The van der Waals surface area contributed by atoms with Crippen LogP contribution in [0.5, 0.6) is 0 Å². The summed E-state index contributed by atoms with van der Waals surface area (Å²) in [5.41, 5.74) is 0. The fourth-order valence-corrected chi connectivity index (χ4v) is 3.32. The largest absolute Gasteiger partial charge is 0.747 e. The van der Waals surface area contributed by atoms with Crippen molar-refractivity contribution in [1.29, 1.82) is 0 Å². The van der Waals surface area contributed by atoms with Gasteiger partial charge in [-0.3, -0.25) is 4.79 Å². The Morgan fingerprint density at radius 3 is 1.83 bits per heavy atom. The summed E-state index contributed by atoms with van der Waals surface area (Å²) in [7, 11) is -4.74. The van der Waals surface area contributed by atoms with Gasteiger partial charge >= 0.3 is 5.97 Å². The van der Waals surface area contributed by atoms with Crippen LogP contribution in [0.25, 0.3) is 0 Å². The molecule has 0 radical (unpaired) electrons. The van der Waals surface area contributed by atoms with Crippen molar-refractivity contribution < 1.29 is 22.9 Å². The second-order valence-electron chi connectivity index (χ2n) is 6.34. The standard InChI is InChI=1S/C18H34O5S/c1-2-3-4-5-6-7-8-9-10-11-12-13-14-15-16-17(18(19)20)24(21,22)23/h9-10,17H,2-8,11-16H2,1H3,(H,19,20)(H,21,22,23)/p-1/b10-9-. The fraction of sp³-hybridized carbons (Fsp3) is 0.833. The molecular formula is C18H33O5S-. The van der Waals surface area contributed by atoms with Crippen molar-refractivity contribution in [3.8, 4) is 0 Å². The number of carboxylic acids is 1. The first-order valence-corrected chi connectivity index (χ1v) is 10.7. The van der Waals surface area contributed by atoms with Gasteiger partial charge in [0.05, 0.1) is 0 Å². The van der Waals surface area contributed by atoms with E-state index in [9.17, 15) is 17.8 Å². The van der Waals surface area contributed by atoms with Gasteiger partial charge in [-0.15, -0.1) is 0 Å². The lowest BCUT2D eigenvalue weighted by molar-refractivity contribution is -0.136. The van der Waals surface area contributed by atoms with E-state index < -0.39 is 21.3 Å². The molecule has 0 bridgehead atoms. The highest BCUT2D eigenvalue weighted by atomic mass is 32.2. The Hall–Kier alpha value is -0.880. The quantitative estimate of drug-likeness (QED) is 0.246. The minimum absolute atomic E-state index is 0.0883. The van der Waals surface area contributed by atoms with Crippen LogP contribution in [0.15, 0.2) is 12.2 Å².